The van der Waals surface area contributed by atoms with Gasteiger partial charge in [0.25, 0.3) is 5.91 Å². The molecule has 0 radical (unpaired) electrons. The molecule has 2 heterocycles. The van der Waals surface area contributed by atoms with Gasteiger partial charge in [0.15, 0.2) is 11.6 Å². The van der Waals surface area contributed by atoms with Crippen molar-refractivity contribution in [2.24, 2.45) is 10.1 Å². The highest BCUT2D eigenvalue weighted by Crippen LogP contribution is 2.46. The standard InChI is InChI=1S/C33H35N5O4/c34-37-36-29-15-6-5-14-28(29)30-33(32(40)38-21-7-2-8-22-38,20-9-13-25-11-3-1-4-12-25)35-31(42-30)26-16-18-27(19-17-26)41-24-10-23-39/h1,3-6,9,11-19,30,39H,2,7-8,10,20-24H2/b13-9+/t30-,33-/m1/s1. The first-order chi connectivity index (χ1) is 20.6. The molecule has 1 amide bonds. The highest BCUT2D eigenvalue weighted by atomic mass is 16.5. The Morgan fingerprint density at radius 3 is 2.55 bits per heavy atom. The van der Waals surface area contributed by atoms with Crippen LogP contribution in [0.25, 0.3) is 16.5 Å². The van der Waals surface area contributed by atoms with E-state index in [1.54, 1.807) is 12.1 Å². The molecule has 3 aromatic carbocycles. The van der Waals surface area contributed by atoms with Crippen molar-refractivity contribution in [2.45, 2.75) is 43.7 Å². The summed E-state index contributed by atoms with van der Waals surface area (Å²) in [5.41, 5.74) is 10.7. The number of nitrogens with zero attached hydrogens (tertiary/aromatic N) is 5. The SMILES string of the molecule is [N-]=[N+]=Nc1ccccc1[C@H]1OC(c2ccc(OCCCO)cc2)=N[C@@]1(C/C=C/c1ccccc1)C(=O)N1CCCCC1. The van der Waals surface area contributed by atoms with E-state index in [0.717, 1.165) is 24.8 Å². The fourth-order valence-corrected chi connectivity index (χ4v) is 5.44. The zero-order valence-electron chi connectivity index (χ0n) is 23.5. The number of hydrogen-bond donors (Lipinski definition) is 1. The second-order valence-corrected chi connectivity index (χ2v) is 10.4. The lowest BCUT2D eigenvalue weighted by Gasteiger charge is -2.37. The molecule has 5 rings (SSSR count). The Kier molecular flexibility index (Phi) is 9.54. The van der Waals surface area contributed by atoms with E-state index < -0.39 is 11.6 Å². The van der Waals surface area contributed by atoms with Gasteiger partial charge >= 0.3 is 0 Å². The number of likely N-dealkylation sites (tertiary alicyclic amines) is 1. The Bertz CT molecular complexity index is 1460. The predicted molar refractivity (Wildman–Crippen MR) is 163 cm³/mol. The average Bonchev–Trinajstić information content (AvgIpc) is 3.43. The largest absolute Gasteiger partial charge is 0.494 e. The van der Waals surface area contributed by atoms with Crippen LogP contribution in [-0.2, 0) is 9.53 Å². The molecule has 0 bridgehead atoms. The van der Waals surface area contributed by atoms with Gasteiger partial charge in [0.05, 0.1) is 6.61 Å². The Balaban J connectivity index is 1.59. The molecule has 2 atom stereocenters. The van der Waals surface area contributed by atoms with Crippen LogP contribution in [0.5, 0.6) is 5.75 Å². The monoisotopic (exact) mass is 565 g/mol. The maximum absolute atomic E-state index is 14.6. The first-order valence-electron chi connectivity index (χ1n) is 14.4. The van der Waals surface area contributed by atoms with Crippen LogP contribution in [0.15, 0.2) is 95.0 Å². The quantitative estimate of drug-likeness (QED) is 0.119. The van der Waals surface area contributed by atoms with Gasteiger partial charge in [-0.3, -0.25) is 4.79 Å². The van der Waals surface area contributed by atoms with Crippen molar-refractivity contribution in [1.29, 1.82) is 0 Å². The minimum Gasteiger partial charge on any atom is -0.494 e. The third-order valence-corrected chi connectivity index (χ3v) is 7.56. The van der Waals surface area contributed by atoms with Gasteiger partial charge in [0.1, 0.15) is 5.75 Å². The zero-order valence-corrected chi connectivity index (χ0v) is 23.5. The number of rotatable bonds is 11. The van der Waals surface area contributed by atoms with Gasteiger partial charge in [-0.2, -0.15) is 0 Å². The fourth-order valence-electron chi connectivity index (χ4n) is 5.44. The van der Waals surface area contributed by atoms with E-state index in [-0.39, 0.29) is 12.5 Å². The lowest BCUT2D eigenvalue weighted by molar-refractivity contribution is -0.140. The molecular weight excluding hydrogens is 530 g/mol. The van der Waals surface area contributed by atoms with E-state index in [2.05, 4.69) is 10.0 Å². The summed E-state index contributed by atoms with van der Waals surface area (Å²) >= 11 is 0. The third kappa shape index (κ3) is 6.48. The maximum Gasteiger partial charge on any atom is 0.255 e. The minimum absolute atomic E-state index is 0.0628. The van der Waals surface area contributed by atoms with Gasteiger partial charge in [-0.25, -0.2) is 4.99 Å². The molecule has 2 aliphatic heterocycles. The van der Waals surface area contributed by atoms with E-state index in [4.69, 9.17) is 19.6 Å². The smallest absolute Gasteiger partial charge is 0.255 e. The number of carbonyl (C=O) groups excluding carboxylic acids is 1. The molecule has 0 aromatic heterocycles. The molecule has 216 valence electrons. The van der Waals surface area contributed by atoms with Crippen LogP contribution in [0.2, 0.25) is 0 Å². The van der Waals surface area contributed by atoms with E-state index in [1.807, 2.05) is 83.8 Å². The Morgan fingerprint density at radius 1 is 1.07 bits per heavy atom. The van der Waals surface area contributed by atoms with Crippen molar-refractivity contribution in [3.8, 4) is 5.75 Å². The minimum atomic E-state index is -1.31. The van der Waals surface area contributed by atoms with Gasteiger partial charge in [-0.05, 0) is 54.6 Å². The van der Waals surface area contributed by atoms with Crippen LogP contribution in [0.1, 0.15) is 54.9 Å². The van der Waals surface area contributed by atoms with Crippen LogP contribution < -0.4 is 4.74 Å². The van der Waals surface area contributed by atoms with Crippen molar-refractivity contribution in [3.05, 3.63) is 112 Å². The molecule has 1 N–H and O–H groups in total. The number of aliphatic hydroxyl groups excluding tert-OH is 1. The Hall–Kier alpha value is -4.59. The van der Waals surface area contributed by atoms with Crippen molar-refractivity contribution < 1.29 is 19.4 Å². The van der Waals surface area contributed by atoms with E-state index in [0.29, 0.717) is 61.0 Å². The highest BCUT2D eigenvalue weighted by Gasteiger charge is 2.54. The van der Waals surface area contributed by atoms with Crippen LogP contribution in [-0.4, -0.2) is 53.7 Å². The average molecular weight is 566 g/mol. The number of aliphatic hydroxyl groups is 1. The topological polar surface area (TPSA) is 120 Å². The number of hydrogen-bond acceptors (Lipinski definition) is 6. The summed E-state index contributed by atoms with van der Waals surface area (Å²) in [6.07, 6.45) is 6.96. The molecule has 2 aliphatic rings. The van der Waals surface area contributed by atoms with Gasteiger partial charge in [-0.1, -0.05) is 71.9 Å². The molecule has 1 fully saturated rings. The summed E-state index contributed by atoms with van der Waals surface area (Å²) in [6.45, 7) is 1.80. The number of ether oxygens (including phenoxy) is 2. The summed E-state index contributed by atoms with van der Waals surface area (Å²) in [5.74, 6) is 0.910. The van der Waals surface area contributed by atoms with E-state index in [1.165, 1.54) is 0 Å². The van der Waals surface area contributed by atoms with Crippen LogP contribution in [0, 0.1) is 0 Å². The lowest BCUT2D eigenvalue weighted by Crippen LogP contribution is -2.51. The zero-order chi connectivity index (χ0) is 29.2. The second kappa shape index (κ2) is 13.9. The summed E-state index contributed by atoms with van der Waals surface area (Å²) in [4.78, 5) is 24.6. The summed E-state index contributed by atoms with van der Waals surface area (Å²) in [5, 5.41) is 13.0. The van der Waals surface area contributed by atoms with Gasteiger partial charge in [0, 0.05) is 54.3 Å². The number of piperidine rings is 1. The second-order valence-electron chi connectivity index (χ2n) is 10.4. The molecule has 0 saturated carbocycles. The molecule has 1 saturated heterocycles. The van der Waals surface area contributed by atoms with E-state index in [9.17, 15) is 10.3 Å². The summed E-state index contributed by atoms with van der Waals surface area (Å²) < 4.78 is 12.3. The molecule has 9 heteroatoms. The number of amides is 1. The fraction of sp³-hybridized carbons (Fsp3) is 0.333. The van der Waals surface area contributed by atoms with Gasteiger partial charge in [-0.15, -0.1) is 0 Å². The molecule has 0 aliphatic carbocycles. The number of benzene rings is 3. The summed E-state index contributed by atoms with van der Waals surface area (Å²) in [7, 11) is 0. The molecular formula is C33H35N5O4. The Labute approximate surface area is 245 Å². The van der Waals surface area contributed by atoms with Crippen molar-refractivity contribution in [3.63, 3.8) is 0 Å². The first kappa shape index (κ1) is 28.9. The van der Waals surface area contributed by atoms with Crippen LogP contribution >= 0.6 is 0 Å². The van der Waals surface area contributed by atoms with Crippen molar-refractivity contribution in [2.75, 3.05) is 26.3 Å². The van der Waals surface area contributed by atoms with Crippen LogP contribution in [0.4, 0.5) is 5.69 Å². The lowest BCUT2D eigenvalue weighted by atomic mass is 9.82. The normalized spacial score (nSPS) is 20.1. The Morgan fingerprint density at radius 2 is 1.81 bits per heavy atom. The summed E-state index contributed by atoms with van der Waals surface area (Å²) in [6, 6.07) is 24.5. The maximum atomic E-state index is 14.6. The van der Waals surface area contributed by atoms with Gasteiger partial charge < -0.3 is 19.5 Å². The number of aliphatic imine (C=N–C) groups is 1. The van der Waals surface area contributed by atoms with E-state index >= 15 is 0 Å². The molecule has 42 heavy (non-hydrogen) atoms. The highest BCUT2D eigenvalue weighted by molar-refractivity contribution is 6.01. The molecule has 9 nitrogen and oxygen atoms in total. The first-order valence-corrected chi connectivity index (χ1v) is 14.4. The number of carbonyl (C=O) groups is 1. The van der Waals surface area contributed by atoms with Crippen LogP contribution in [0.3, 0.4) is 0 Å². The predicted octanol–water partition coefficient (Wildman–Crippen LogP) is 6.76. The molecule has 0 unspecified atom stereocenters. The molecule has 3 aromatic rings. The third-order valence-electron chi connectivity index (χ3n) is 7.56. The number of azide groups is 1. The van der Waals surface area contributed by atoms with Crippen molar-refractivity contribution in [1.82, 2.24) is 4.90 Å². The van der Waals surface area contributed by atoms with Gasteiger partial charge in [0.2, 0.25) is 5.90 Å². The molecule has 0 spiro atoms. The van der Waals surface area contributed by atoms with Crippen molar-refractivity contribution >= 4 is 23.6 Å².